The van der Waals surface area contributed by atoms with Crippen molar-refractivity contribution in [2.24, 2.45) is 0 Å². The van der Waals surface area contributed by atoms with Gasteiger partial charge in [-0.05, 0) is 53.8 Å². The highest BCUT2D eigenvalue weighted by Crippen LogP contribution is 2.22. The number of hydrogen-bond donors (Lipinski definition) is 0. The van der Waals surface area contributed by atoms with E-state index in [0.29, 0.717) is 13.0 Å². The van der Waals surface area contributed by atoms with Crippen molar-refractivity contribution in [3.05, 3.63) is 34.0 Å². The van der Waals surface area contributed by atoms with E-state index in [2.05, 4.69) is 58.3 Å². The molecule has 18 heavy (non-hydrogen) atoms. The van der Waals surface area contributed by atoms with Crippen LogP contribution in [0.15, 0.2) is 30.5 Å². The van der Waals surface area contributed by atoms with Crippen molar-refractivity contribution < 1.29 is 9.53 Å². The van der Waals surface area contributed by atoms with Crippen molar-refractivity contribution in [1.29, 1.82) is 0 Å². The molecule has 4 heteroatoms. The average Bonchev–Trinajstić information content (AvgIpc) is 2.78. The maximum Gasteiger partial charge on any atom is 0.305 e. The topological polar surface area (TPSA) is 31.2 Å². The average molecular weight is 357 g/mol. The SMILES string of the molecule is CCC(=O)OCC(C)n1ccc2cc(I)ccc21. The number of rotatable bonds is 4. The van der Waals surface area contributed by atoms with E-state index in [1.807, 2.05) is 6.20 Å². The van der Waals surface area contributed by atoms with Crippen molar-refractivity contribution >= 4 is 39.5 Å². The Morgan fingerprint density at radius 1 is 1.44 bits per heavy atom. The van der Waals surface area contributed by atoms with Gasteiger partial charge in [-0.3, -0.25) is 4.79 Å². The van der Waals surface area contributed by atoms with Crippen LogP contribution in [-0.4, -0.2) is 17.1 Å². The third-order valence-corrected chi connectivity index (χ3v) is 3.60. The van der Waals surface area contributed by atoms with Crippen molar-refractivity contribution in [2.75, 3.05) is 6.61 Å². The molecule has 0 saturated heterocycles. The van der Waals surface area contributed by atoms with E-state index in [4.69, 9.17) is 4.74 Å². The first kappa shape index (κ1) is 13.4. The minimum Gasteiger partial charge on any atom is -0.463 e. The lowest BCUT2D eigenvalue weighted by Crippen LogP contribution is -2.14. The predicted octanol–water partition coefficient (Wildman–Crippen LogP) is 3.76. The van der Waals surface area contributed by atoms with Gasteiger partial charge in [0.05, 0.1) is 6.04 Å². The molecule has 0 radical (unpaired) electrons. The number of carbonyl (C=O) groups excluding carboxylic acids is 1. The zero-order valence-corrected chi connectivity index (χ0v) is 12.7. The van der Waals surface area contributed by atoms with Crippen molar-refractivity contribution in [3.8, 4) is 0 Å². The van der Waals surface area contributed by atoms with Crippen LogP contribution in [0.3, 0.4) is 0 Å². The lowest BCUT2D eigenvalue weighted by Gasteiger charge is -2.15. The van der Waals surface area contributed by atoms with Gasteiger partial charge < -0.3 is 9.30 Å². The molecule has 1 atom stereocenters. The Hall–Kier alpha value is -1.04. The van der Waals surface area contributed by atoms with Crippen LogP contribution in [0.5, 0.6) is 0 Å². The van der Waals surface area contributed by atoms with E-state index >= 15 is 0 Å². The molecule has 0 N–H and O–H groups in total. The van der Waals surface area contributed by atoms with Gasteiger partial charge in [0.1, 0.15) is 6.61 Å². The minimum absolute atomic E-state index is 0.145. The van der Waals surface area contributed by atoms with Gasteiger partial charge in [-0.15, -0.1) is 0 Å². The first-order valence-electron chi connectivity index (χ1n) is 6.03. The number of benzene rings is 1. The third-order valence-electron chi connectivity index (χ3n) is 2.93. The molecule has 96 valence electrons. The summed E-state index contributed by atoms with van der Waals surface area (Å²) in [7, 11) is 0. The summed E-state index contributed by atoms with van der Waals surface area (Å²) in [6.45, 7) is 4.28. The molecule has 1 aromatic heterocycles. The number of halogens is 1. The van der Waals surface area contributed by atoms with Gasteiger partial charge in [-0.2, -0.15) is 0 Å². The summed E-state index contributed by atoms with van der Waals surface area (Å²) in [5.41, 5.74) is 1.18. The molecule has 0 saturated carbocycles. The van der Waals surface area contributed by atoms with Crippen LogP contribution in [-0.2, 0) is 9.53 Å². The molecule has 1 heterocycles. The Bertz CT molecular complexity index is 562. The first-order chi connectivity index (χ1) is 8.61. The molecule has 3 nitrogen and oxygen atoms in total. The van der Waals surface area contributed by atoms with Gasteiger partial charge in [0.2, 0.25) is 0 Å². The second-order valence-corrected chi connectivity index (χ2v) is 5.56. The Morgan fingerprint density at radius 3 is 2.94 bits per heavy atom. The third kappa shape index (κ3) is 2.85. The minimum atomic E-state index is -0.145. The van der Waals surface area contributed by atoms with E-state index in [1.54, 1.807) is 6.92 Å². The largest absolute Gasteiger partial charge is 0.463 e. The van der Waals surface area contributed by atoms with Gasteiger partial charge in [-0.25, -0.2) is 0 Å². The van der Waals surface area contributed by atoms with Gasteiger partial charge in [0.25, 0.3) is 0 Å². The maximum absolute atomic E-state index is 11.2. The summed E-state index contributed by atoms with van der Waals surface area (Å²) in [6.07, 6.45) is 2.47. The summed E-state index contributed by atoms with van der Waals surface area (Å²) in [5, 5.41) is 1.22. The predicted molar refractivity (Wildman–Crippen MR) is 80.6 cm³/mol. The van der Waals surface area contributed by atoms with Crippen LogP contribution in [0.1, 0.15) is 26.3 Å². The van der Waals surface area contributed by atoms with E-state index in [9.17, 15) is 4.79 Å². The lowest BCUT2D eigenvalue weighted by molar-refractivity contribution is -0.144. The molecule has 0 spiro atoms. The zero-order chi connectivity index (χ0) is 13.1. The van der Waals surface area contributed by atoms with Crippen LogP contribution in [0.4, 0.5) is 0 Å². The van der Waals surface area contributed by atoms with E-state index < -0.39 is 0 Å². The quantitative estimate of drug-likeness (QED) is 0.616. The molecule has 2 rings (SSSR count). The molecule has 0 fully saturated rings. The number of esters is 1. The van der Waals surface area contributed by atoms with Crippen LogP contribution < -0.4 is 0 Å². The van der Waals surface area contributed by atoms with Gasteiger partial charge in [0.15, 0.2) is 0 Å². The number of carbonyl (C=O) groups is 1. The Labute approximate surface area is 120 Å². The normalized spacial score (nSPS) is 12.6. The van der Waals surface area contributed by atoms with Gasteiger partial charge in [-0.1, -0.05) is 6.92 Å². The molecule has 0 aliphatic carbocycles. The number of ether oxygens (including phenoxy) is 1. The molecular weight excluding hydrogens is 341 g/mol. The molecule has 1 unspecified atom stereocenters. The molecular formula is C14H16INO2. The highest BCUT2D eigenvalue weighted by Gasteiger charge is 2.10. The summed E-state index contributed by atoms with van der Waals surface area (Å²) >= 11 is 2.31. The van der Waals surface area contributed by atoms with E-state index in [1.165, 1.54) is 14.5 Å². The molecule has 0 aliphatic heterocycles. The van der Waals surface area contributed by atoms with Crippen LogP contribution in [0.2, 0.25) is 0 Å². The monoisotopic (exact) mass is 357 g/mol. The molecule has 1 aromatic carbocycles. The van der Waals surface area contributed by atoms with Gasteiger partial charge in [0, 0.05) is 27.1 Å². The van der Waals surface area contributed by atoms with Crippen molar-refractivity contribution in [1.82, 2.24) is 4.57 Å². The number of hydrogen-bond acceptors (Lipinski definition) is 2. The summed E-state index contributed by atoms with van der Waals surface area (Å²) in [4.78, 5) is 11.2. The highest BCUT2D eigenvalue weighted by molar-refractivity contribution is 14.1. The molecule has 0 aliphatic rings. The number of aromatic nitrogens is 1. The van der Waals surface area contributed by atoms with Crippen molar-refractivity contribution in [2.45, 2.75) is 26.3 Å². The molecule has 0 amide bonds. The number of fused-ring (bicyclic) bond motifs is 1. The standard InChI is InChI=1S/C14H16INO2/c1-3-14(17)18-9-10(2)16-7-6-11-8-12(15)4-5-13(11)16/h4-8,10H,3,9H2,1-2H3. The van der Waals surface area contributed by atoms with E-state index in [-0.39, 0.29) is 12.0 Å². The van der Waals surface area contributed by atoms with Gasteiger partial charge >= 0.3 is 5.97 Å². The molecule has 0 bridgehead atoms. The fourth-order valence-electron chi connectivity index (χ4n) is 1.92. The smallest absolute Gasteiger partial charge is 0.305 e. The van der Waals surface area contributed by atoms with Crippen molar-refractivity contribution in [3.63, 3.8) is 0 Å². The maximum atomic E-state index is 11.2. The van der Waals surface area contributed by atoms with Crippen LogP contribution in [0.25, 0.3) is 10.9 Å². The summed E-state index contributed by atoms with van der Waals surface area (Å²) in [6, 6.07) is 8.59. The Morgan fingerprint density at radius 2 is 2.22 bits per heavy atom. The Kier molecular flexibility index (Phi) is 4.27. The zero-order valence-electron chi connectivity index (χ0n) is 10.5. The fraction of sp³-hybridized carbons (Fsp3) is 0.357. The lowest BCUT2D eigenvalue weighted by atomic mass is 10.2. The Balaban J connectivity index is 2.17. The van der Waals surface area contributed by atoms with Crippen LogP contribution in [0, 0.1) is 3.57 Å². The molecule has 2 aromatic rings. The second-order valence-electron chi connectivity index (χ2n) is 4.31. The fourth-order valence-corrected chi connectivity index (χ4v) is 2.43. The highest BCUT2D eigenvalue weighted by atomic mass is 127. The first-order valence-corrected chi connectivity index (χ1v) is 7.11. The summed E-state index contributed by atoms with van der Waals surface area (Å²) in [5.74, 6) is -0.145. The second kappa shape index (κ2) is 5.73. The van der Waals surface area contributed by atoms with E-state index in [0.717, 1.165) is 0 Å². The summed E-state index contributed by atoms with van der Waals surface area (Å²) < 4.78 is 8.56. The van der Waals surface area contributed by atoms with Crippen LogP contribution >= 0.6 is 22.6 Å². The number of nitrogens with zero attached hydrogens (tertiary/aromatic N) is 1.